The van der Waals surface area contributed by atoms with Crippen molar-refractivity contribution in [1.29, 1.82) is 0 Å². The Morgan fingerprint density at radius 3 is 2.44 bits per heavy atom. The van der Waals surface area contributed by atoms with Crippen molar-refractivity contribution >= 4 is 11.8 Å². The van der Waals surface area contributed by atoms with Crippen molar-refractivity contribution < 1.29 is 9.59 Å². The maximum atomic E-state index is 12.8. The first kappa shape index (κ1) is 16.6. The Morgan fingerprint density at radius 1 is 1.24 bits per heavy atom. The van der Waals surface area contributed by atoms with Gasteiger partial charge in [-0.3, -0.25) is 14.3 Å². The van der Waals surface area contributed by atoms with Crippen molar-refractivity contribution in [2.24, 2.45) is 18.9 Å². The van der Waals surface area contributed by atoms with Gasteiger partial charge in [-0.05, 0) is 51.0 Å². The van der Waals surface area contributed by atoms with Crippen molar-refractivity contribution in [3.05, 3.63) is 17.5 Å². The summed E-state index contributed by atoms with van der Waals surface area (Å²) in [5.74, 6) is 1.30. The number of amides is 2. The van der Waals surface area contributed by atoms with Crippen LogP contribution in [0.1, 0.15) is 61.1 Å². The van der Waals surface area contributed by atoms with E-state index in [9.17, 15) is 9.59 Å². The third-order valence-electron chi connectivity index (χ3n) is 5.94. The van der Waals surface area contributed by atoms with Crippen molar-refractivity contribution in [2.45, 2.75) is 57.4 Å². The van der Waals surface area contributed by atoms with E-state index in [2.05, 4.69) is 10.4 Å². The van der Waals surface area contributed by atoms with E-state index in [1.165, 1.54) is 12.8 Å². The van der Waals surface area contributed by atoms with Gasteiger partial charge in [0.2, 0.25) is 5.91 Å². The molecule has 0 spiro atoms. The van der Waals surface area contributed by atoms with Gasteiger partial charge in [-0.25, -0.2) is 0 Å². The topological polar surface area (TPSA) is 67.2 Å². The monoisotopic (exact) mass is 344 g/mol. The van der Waals surface area contributed by atoms with Gasteiger partial charge >= 0.3 is 0 Å². The Balaban J connectivity index is 1.42. The van der Waals surface area contributed by atoms with Gasteiger partial charge in [0, 0.05) is 31.6 Å². The molecule has 3 aliphatic rings. The zero-order valence-electron chi connectivity index (χ0n) is 15.3. The SMILES string of the molecule is Cc1cc(C(=O)N2CCC(CC3CC3)(NC(=O)C3CC3)CC2)n(C)n1. The summed E-state index contributed by atoms with van der Waals surface area (Å²) in [6.45, 7) is 3.32. The Morgan fingerprint density at radius 2 is 1.92 bits per heavy atom. The van der Waals surface area contributed by atoms with E-state index in [0.717, 1.165) is 43.7 Å². The highest BCUT2D eigenvalue weighted by Crippen LogP contribution is 2.41. The summed E-state index contributed by atoms with van der Waals surface area (Å²) < 4.78 is 1.67. The number of likely N-dealkylation sites (tertiary alicyclic amines) is 1. The van der Waals surface area contributed by atoms with E-state index in [4.69, 9.17) is 0 Å². The second kappa shape index (κ2) is 6.15. The van der Waals surface area contributed by atoms with Crippen LogP contribution in [0.15, 0.2) is 6.07 Å². The minimum absolute atomic E-state index is 0.0524. The van der Waals surface area contributed by atoms with Crippen molar-refractivity contribution in [3.63, 3.8) is 0 Å². The van der Waals surface area contributed by atoms with Gasteiger partial charge in [-0.2, -0.15) is 5.10 Å². The summed E-state index contributed by atoms with van der Waals surface area (Å²) in [4.78, 5) is 27.1. The smallest absolute Gasteiger partial charge is 0.272 e. The zero-order valence-corrected chi connectivity index (χ0v) is 15.3. The van der Waals surface area contributed by atoms with Crippen molar-refractivity contribution in [1.82, 2.24) is 20.0 Å². The molecule has 1 aromatic rings. The van der Waals surface area contributed by atoms with E-state index in [-0.39, 0.29) is 23.3 Å². The third kappa shape index (κ3) is 3.58. The lowest BCUT2D eigenvalue weighted by atomic mass is 9.82. The quantitative estimate of drug-likeness (QED) is 0.889. The minimum atomic E-state index is -0.0972. The first-order chi connectivity index (χ1) is 12.0. The molecule has 6 heteroatoms. The van der Waals surface area contributed by atoms with Gasteiger partial charge in [-0.15, -0.1) is 0 Å². The number of rotatable bonds is 5. The summed E-state index contributed by atoms with van der Waals surface area (Å²) in [6, 6.07) is 1.85. The Labute approximate surface area is 148 Å². The molecule has 0 aromatic carbocycles. The molecular formula is C19H28N4O2. The maximum absolute atomic E-state index is 12.8. The number of aryl methyl sites for hydroxylation is 2. The fourth-order valence-corrected chi connectivity index (χ4v) is 4.07. The number of hydrogen-bond acceptors (Lipinski definition) is 3. The molecule has 0 radical (unpaired) electrons. The van der Waals surface area contributed by atoms with Crippen LogP contribution in [0, 0.1) is 18.8 Å². The molecule has 6 nitrogen and oxygen atoms in total. The van der Waals surface area contributed by atoms with Gasteiger partial charge in [0.05, 0.1) is 5.69 Å². The van der Waals surface area contributed by atoms with E-state index >= 15 is 0 Å². The Kier molecular flexibility index (Phi) is 4.08. The highest BCUT2D eigenvalue weighted by molar-refractivity contribution is 5.92. The van der Waals surface area contributed by atoms with Crippen LogP contribution in [0.3, 0.4) is 0 Å². The highest BCUT2D eigenvalue weighted by atomic mass is 16.2. The number of carbonyl (C=O) groups is 2. The van der Waals surface area contributed by atoms with Crippen LogP contribution in [-0.2, 0) is 11.8 Å². The normalized spacial score (nSPS) is 22.7. The van der Waals surface area contributed by atoms with Gasteiger partial charge in [-0.1, -0.05) is 12.8 Å². The van der Waals surface area contributed by atoms with Crippen LogP contribution in [0.4, 0.5) is 0 Å². The first-order valence-corrected chi connectivity index (χ1v) is 9.58. The Bertz CT molecular complexity index is 680. The second-order valence-electron chi connectivity index (χ2n) is 8.28. The summed E-state index contributed by atoms with van der Waals surface area (Å²) in [5, 5.41) is 7.67. The standard InChI is InChI=1S/C19H28N4O2/c1-13-11-16(22(2)21-13)18(25)23-9-7-19(8-10-23,12-14-3-4-14)20-17(24)15-5-6-15/h11,14-15H,3-10,12H2,1-2H3,(H,20,24). The van der Waals surface area contributed by atoms with Crippen molar-refractivity contribution in [2.75, 3.05) is 13.1 Å². The number of piperidine rings is 1. The van der Waals surface area contributed by atoms with Gasteiger partial charge in [0.15, 0.2) is 0 Å². The summed E-state index contributed by atoms with van der Waals surface area (Å²) >= 11 is 0. The molecule has 136 valence electrons. The van der Waals surface area contributed by atoms with Crippen LogP contribution in [0.25, 0.3) is 0 Å². The number of aromatic nitrogens is 2. The lowest BCUT2D eigenvalue weighted by Gasteiger charge is -2.42. The van der Waals surface area contributed by atoms with Crippen molar-refractivity contribution in [3.8, 4) is 0 Å². The number of hydrogen-bond donors (Lipinski definition) is 1. The summed E-state index contributed by atoms with van der Waals surface area (Å²) in [7, 11) is 1.82. The minimum Gasteiger partial charge on any atom is -0.350 e. The molecule has 4 rings (SSSR count). The molecule has 1 N–H and O–H groups in total. The average Bonchev–Trinajstić information content (AvgIpc) is 3.47. The molecule has 1 saturated heterocycles. The molecule has 0 bridgehead atoms. The van der Waals surface area contributed by atoms with E-state index in [1.54, 1.807) is 4.68 Å². The van der Waals surface area contributed by atoms with Crippen LogP contribution < -0.4 is 5.32 Å². The molecule has 0 atom stereocenters. The van der Waals surface area contributed by atoms with E-state index in [0.29, 0.717) is 18.8 Å². The Hall–Kier alpha value is -1.85. The number of nitrogens with zero attached hydrogens (tertiary/aromatic N) is 3. The molecular weight excluding hydrogens is 316 g/mol. The first-order valence-electron chi connectivity index (χ1n) is 9.58. The molecule has 1 aromatic heterocycles. The maximum Gasteiger partial charge on any atom is 0.272 e. The summed E-state index contributed by atoms with van der Waals surface area (Å²) in [5.41, 5.74) is 1.41. The van der Waals surface area contributed by atoms with E-state index in [1.807, 2.05) is 24.9 Å². The summed E-state index contributed by atoms with van der Waals surface area (Å²) in [6.07, 6.45) is 7.47. The molecule has 25 heavy (non-hydrogen) atoms. The number of nitrogens with one attached hydrogen (secondary N) is 1. The fraction of sp³-hybridized carbons (Fsp3) is 0.737. The fourth-order valence-electron chi connectivity index (χ4n) is 4.07. The molecule has 2 amide bonds. The zero-order chi connectivity index (χ0) is 17.6. The largest absolute Gasteiger partial charge is 0.350 e. The molecule has 3 fully saturated rings. The molecule has 2 saturated carbocycles. The predicted molar refractivity (Wildman–Crippen MR) is 94.0 cm³/mol. The lowest BCUT2D eigenvalue weighted by Crippen LogP contribution is -2.56. The van der Waals surface area contributed by atoms with Crippen LogP contribution >= 0.6 is 0 Å². The van der Waals surface area contributed by atoms with Gasteiger partial charge < -0.3 is 10.2 Å². The lowest BCUT2D eigenvalue weighted by molar-refractivity contribution is -0.125. The molecule has 2 heterocycles. The predicted octanol–water partition coefficient (Wildman–Crippen LogP) is 2.03. The molecule has 2 aliphatic carbocycles. The number of carbonyl (C=O) groups excluding carboxylic acids is 2. The average molecular weight is 344 g/mol. The second-order valence-corrected chi connectivity index (χ2v) is 8.28. The van der Waals surface area contributed by atoms with Crippen LogP contribution in [-0.4, -0.2) is 45.1 Å². The van der Waals surface area contributed by atoms with Crippen LogP contribution in [0.2, 0.25) is 0 Å². The molecule has 1 aliphatic heterocycles. The van der Waals surface area contributed by atoms with Gasteiger partial charge in [0.25, 0.3) is 5.91 Å². The highest BCUT2D eigenvalue weighted by Gasteiger charge is 2.43. The van der Waals surface area contributed by atoms with Gasteiger partial charge in [0.1, 0.15) is 5.69 Å². The van der Waals surface area contributed by atoms with E-state index < -0.39 is 0 Å². The molecule has 0 unspecified atom stereocenters. The van der Waals surface area contributed by atoms with Crippen LogP contribution in [0.5, 0.6) is 0 Å². The third-order valence-corrected chi connectivity index (χ3v) is 5.94.